The fraction of sp³-hybridized carbons (Fsp3) is 0.763. The second-order valence-corrected chi connectivity index (χ2v) is 23.8. The summed E-state index contributed by atoms with van der Waals surface area (Å²) >= 11 is 0. The number of nitrogens with zero attached hydrogens (tertiary/aromatic N) is 2. The predicted octanol–water partition coefficient (Wildman–Crippen LogP) is 26.7. The third-order valence-electron chi connectivity index (χ3n) is 16.2. The molecule has 0 spiro atoms. The molecule has 2 aromatic carbocycles. The molecule has 2 aromatic rings. The van der Waals surface area contributed by atoms with Gasteiger partial charge in [-0.15, -0.1) is 4.79 Å². The van der Waals surface area contributed by atoms with Crippen LogP contribution in [0.1, 0.15) is 385 Å². The molecule has 2 nitrogen and oxygen atoms in total. The van der Waals surface area contributed by atoms with Crippen LogP contribution in [0, 0.1) is 13.8 Å². The Balaban J connectivity index is 0. The Morgan fingerprint density at radius 2 is 0.684 bits per heavy atom. The van der Waals surface area contributed by atoms with Crippen LogP contribution >= 0.6 is 0 Å². The smallest absolute Gasteiger partial charge is 0.348 e. The first kappa shape index (κ1) is 78.9. The van der Waals surface area contributed by atoms with Crippen molar-refractivity contribution in [2.24, 2.45) is 0 Å². The van der Waals surface area contributed by atoms with Crippen molar-refractivity contribution < 1.29 is 21.3 Å². The van der Waals surface area contributed by atoms with Crippen LogP contribution in [0.2, 0.25) is 0 Å². The van der Waals surface area contributed by atoms with Crippen LogP contribution in [0.15, 0.2) is 59.7 Å². The molecule has 0 saturated heterocycles. The van der Waals surface area contributed by atoms with E-state index in [4.69, 9.17) is 0 Å². The molecule has 0 aliphatic carbocycles. The Bertz CT molecular complexity index is 1570. The zero-order valence-corrected chi connectivity index (χ0v) is 55.0. The van der Waals surface area contributed by atoms with E-state index in [1.807, 2.05) is 0 Å². The molecule has 79 heavy (non-hydrogen) atoms. The van der Waals surface area contributed by atoms with Crippen LogP contribution in [-0.4, -0.2) is 10.7 Å². The predicted molar refractivity (Wildman–Crippen MR) is 354 cm³/mol. The molecule has 0 fully saturated rings. The van der Waals surface area contributed by atoms with Gasteiger partial charge in [0.2, 0.25) is 0 Å². The van der Waals surface area contributed by atoms with E-state index in [0.717, 1.165) is 63.4 Å². The summed E-state index contributed by atoms with van der Waals surface area (Å²) in [6.07, 6.45) is 70.6. The molecule has 0 aromatic heterocycles. The van der Waals surface area contributed by atoms with Crippen molar-refractivity contribution >= 4 is 11.4 Å². The number of hydrogen-bond donors (Lipinski definition) is 0. The molecule has 458 valence electrons. The average molecular weight is 1130 g/mol. The zero-order valence-electron chi connectivity index (χ0n) is 54.0. The summed E-state index contributed by atoms with van der Waals surface area (Å²) in [7, 11) is 0. The van der Waals surface area contributed by atoms with E-state index in [0.29, 0.717) is 0 Å². The summed E-state index contributed by atoms with van der Waals surface area (Å²) in [5.74, 6) is 3.01. The van der Waals surface area contributed by atoms with Gasteiger partial charge in [-0.3, -0.25) is 0 Å². The van der Waals surface area contributed by atoms with Crippen LogP contribution < -0.4 is 0 Å². The minimum atomic E-state index is 0. The van der Waals surface area contributed by atoms with Crippen molar-refractivity contribution in [3.63, 3.8) is 0 Å². The van der Waals surface area contributed by atoms with Crippen molar-refractivity contribution in [2.75, 3.05) is 0 Å². The molecule has 0 N–H and O–H groups in total. The van der Waals surface area contributed by atoms with Gasteiger partial charge in [-0.1, -0.05) is 360 Å². The van der Waals surface area contributed by atoms with Crippen LogP contribution in [0.25, 0.3) is 11.1 Å². The summed E-state index contributed by atoms with van der Waals surface area (Å²) < 4.78 is 0. The first-order valence-electron chi connectivity index (χ1n) is 35.0. The van der Waals surface area contributed by atoms with Gasteiger partial charge < -0.3 is 19.4 Å². The SMILES string of the molecule is CCCCCCC(C(=C=[N+]=[N-])CCCC)=C(c1ccc(CCCC)cc1)c1cccc(CCCC)c1.[CH2-]CCCCCCCCCCCCCCCCCCCC.[CH2-]CCCCCCCCCCCCCCCCCCCC.[Ni+2]. The number of rotatable bonds is 53. The second-order valence-electron chi connectivity index (χ2n) is 23.8. The van der Waals surface area contributed by atoms with Crippen molar-refractivity contribution in [1.29, 1.82) is 0 Å². The van der Waals surface area contributed by atoms with Crippen molar-refractivity contribution in [1.82, 2.24) is 0 Å². The van der Waals surface area contributed by atoms with E-state index >= 15 is 0 Å². The van der Waals surface area contributed by atoms with Gasteiger partial charge in [0.15, 0.2) is 0 Å². The molecule has 0 amide bonds. The number of benzene rings is 2. The van der Waals surface area contributed by atoms with E-state index in [2.05, 4.69) is 115 Å². The number of aryl methyl sites for hydroxylation is 2. The Hall–Kier alpha value is -2.17. The standard InChI is InChI=1S/C34H48N2.2C21H43.Ni/c1-5-9-13-14-21-33(32(27-36-35)19-12-8-4)34(30-24-22-28(23-25-30)16-10-6-2)31-20-15-18-29(26-31)17-11-7-3;2*1-3-5-7-9-11-13-15-17-19-21-20-18-16-14-12-10-8-6-4-2;/h15,18,20,22-26H,5-14,16-17,19,21H2,1-4H3;2*1,3-21H2,2H3;/q;2*-1;+2. The van der Waals surface area contributed by atoms with Gasteiger partial charge in [-0.05, 0) is 84.8 Å². The minimum Gasteiger partial charge on any atom is -0.348 e. The molecular formula is C76H134N2Ni. The largest absolute Gasteiger partial charge is 2.00 e. The van der Waals surface area contributed by atoms with Gasteiger partial charge in [0, 0.05) is 0 Å². The van der Waals surface area contributed by atoms with Gasteiger partial charge >= 0.3 is 22.4 Å². The molecule has 2 rings (SSSR count). The maximum Gasteiger partial charge on any atom is 2.00 e. The molecule has 3 heteroatoms. The normalized spacial score (nSPS) is 11.2. The third kappa shape index (κ3) is 50.1. The molecule has 0 atom stereocenters. The molecule has 0 bridgehead atoms. The Kier molecular flexibility index (Phi) is 64.9. The van der Waals surface area contributed by atoms with Gasteiger partial charge in [0.05, 0.1) is 5.57 Å². The fourth-order valence-corrected chi connectivity index (χ4v) is 11.0. The summed E-state index contributed by atoms with van der Waals surface area (Å²) in [5.41, 5.74) is 18.5. The topological polar surface area (TPSA) is 36.4 Å². The maximum absolute atomic E-state index is 9.55. The maximum atomic E-state index is 9.55. The molecule has 0 unspecified atom stereocenters. The molecule has 0 heterocycles. The second kappa shape index (κ2) is 65.0. The summed E-state index contributed by atoms with van der Waals surface area (Å²) in [6.45, 7) is 21.4. The van der Waals surface area contributed by atoms with Crippen LogP contribution in [0.5, 0.6) is 0 Å². The average Bonchev–Trinajstić information content (AvgIpc) is 3.48. The Labute approximate surface area is 506 Å². The fourth-order valence-electron chi connectivity index (χ4n) is 11.0. The molecule has 0 aliphatic rings. The Morgan fingerprint density at radius 1 is 0.354 bits per heavy atom. The van der Waals surface area contributed by atoms with Crippen LogP contribution in [-0.2, 0) is 29.3 Å². The van der Waals surface area contributed by atoms with Crippen molar-refractivity contribution in [2.45, 2.75) is 375 Å². The van der Waals surface area contributed by atoms with E-state index in [1.54, 1.807) is 0 Å². The first-order chi connectivity index (χ1) is 38.5. The number of allylic oxidation sites excluding steroid dienone is 2. The monoisotopic (exact) mass is 1130 g/mol. The van der Waals surface area contributed by atoms with Crippen molar-refractivity contribution in [3.05, 3.63) is 101 Å². The van der Waals surface area contributed by atoms with Gasteiger partial charge in [0.1, 0.15) is 0 Å². The van der Waals surface area contributed by atoms with Gasteiger partial charge in [0.25, 0.3) is 0 Å². The summed E-state index contributed by atoms with van der Waals surface area (Å²) in [6, 6.07) is 18.3. The van der Waals surface area contributed by atoms with E-state index in [-0.39, 0.29) is 16.5 Å². The van der Waals surface area contributed by atoms with Gasteiger partial charge in [-0.25, -0.2) is 0 Å². The van der Waals surface area contributed by atoms with Gasteiger partial charge in [-0.2, -0.15) is 12.8 Å². The minimum absolute atomic E-state index is 0. The summed E-state index contributed by atoms with van der Waals surface area (Å²) in [4.78, 5) is 3.41. The van der Waals surface area contributed by atoms with E-state index < -0.39 is 0 Å². The first-order valence-corrected chi connectivity index (χ1v) is 35.0. The molecular weight excluding hydrogens is 1000 g/mol. The quantitative estimate of drug-likeness (QED) is 0.0120. The number of unbranched alkanes of at least 4 members (excludes halogenated alkanes) is 42. The zero-order chi connectivity index (χ0) is 56.9. The molecule has 0 saturated carbocycles. The Morgan fingerprint density at radius 3 is 1.03 bits per heavy atom. The van der Waals surface area contributed by atoms with Crippen LogP contribution in [0.4, 0.5) is 0 Å². The van der Waals surface area contributed by atoms with E-state index in [1.165, 1.54) is 309 Å². The number of hydrogen-bond acceptors (Lipinski definition) is 0. The third-order valence-corrected chi connectivity index (χ3v) is 16.2. The van der Waals surface area contributed by atoms with E-state index in [9.17, 15) is 5.53 Å². The van der Waals surface area contributed by atoms with Crippen LogP contribution in [0.3, 0.4) is 0 Å². The molecule has 0 aliphatic heterocycles. The van der Waals surface area contributed by atoms with Crippen molar-refractivity contribution in [3.8, 4) is 0 Å². The summed E-state index contributed by atoms with van der Waals surface area (Å²) in [5, 5.41) is 0. The molecule has 0 radical (unpaired) electrons.